The summed E-state index contributed by atoms with van der Waals surface area (Å²) < 4.78 is 46.3. The van der Waals surface area contributed by atoms with E-state index >= 15 is 0 Å². The van der Waals surface area contributed by atoms with Crippen molar-refractivity contribution in [2.24, 2.45) is 0 Å². The number of hydrogen-bond donors (Lipinski definition) is 2. The highest BCUT2D eigenvalue weighted by Gasteiger charge is 2.52. The molecule has 0 aromatic heterocycles. The van der Waals surface area contributed by atoms with Crippen LogP contribution in [0.25, 0.3) is 0 Å². The number of nitrogens with one attached hydrogen (secondary N) is 1. The number of benzene rings is 2. The van der Waals surface area contributed by atoms with Crippen LogP contribution in [0.5, 0.6) is 17.2 Å². The predicted molar refractivity (Wildman–Crippen MR) is 120 cm³/mol. The maximum Gasteiger partial charge on any atom is 0.265 e. The Bertz CT molecular complexity index is 1020. The average Bonchev–Trinajstić information content (AvgIpc) is 2.86. The second kappa shape index (κ2) is 10.9. The van der Waals surface area contributed by atoms with Gasteiger partial charge in [0.15, 0.2) is 14.6 Å². The van der Waals surface area contributed by atoms with Gasteiger partial charge in [0.1, 0.15) is 17.2 Å². The number of carbonyl (C=O) groups is 1. The highest BCUT2D eigenvalue weighted by atomic mass is 32.2. The fourth-order valence-corrected chi connectivity index (χ4v) is 5.78. The minimum absolute atomic E-state index is 0.0103. The van der Waals surface area contributed by atoms with Gasteiger partial charge >= 0.3 is 0 Å². The molecule has 0 radical (unpaired) electrons. The van der Waals surface area contributed by atoms with Gasteiger partial charge in [0.25, 0.3) is 5.91 Å². The zero-order valence-corrected chi connectivity index (χ0v) is 19.5. The van der Waals surface area contributed by atoms with Crippen molar-refractivity contribution in [3.63, 3.8) is 0 Å². The number of ether oxygens (including phenoxy) is 4. The quantitative estimate of drug-likeness (QED) is 0.303. The van der Waals surface area contributed by atoms with E-state index in [0.717, 1.165) is 29.9 Å². The number of sulfone groups is 1. The lowest BCUT2D eigenvalue weighted by Gasteiger charge is -2.34. The van der Waals surface area contributed by atoms with Gasteiger partial charge in [-0.1, -0.05) is 0 Å². The van der Waals surface area contributed by atoms with Crippen LogP contribution < -0.4 is 19.7 Å². The van der Waals surface area contributed by atoms with Crippen molar-refractivity contribution in [2.45, 2.75) is 35.3 Å². The summed E-state index contributed by atoms with van der Waals surface area (Å²) in [6, 6.07) is 11.6. The Kier molecular flexibility index (Phi) is 8.17. The summed E-state index contributed by atoms with van der Waals surface area (Å²) in [4.78, 5) is 12.3. The molecule has 33 heavy (non-hydrogen) atoms. The summed E-state index contributed by atoms with van der Waals surface area (Å²) >= 11 is 0. The summed E-state index contributed by atoms with van der Waals surface area (Å²) in [6.45, 7) is 0.667. The van der Waals surface area contributed by atoms with Crippen molar-refractivity contribution >= 4 is 15.7 Å². The number of carbonyl (C=O) groups excluding carboxylic acids is 1. The summed E-state index contributed by atoms with van der Waals surface area (Å²) in [5.41, 5.74) is 2.57. The summed E-state index contributed by atoms with van der Waals surface area (Å²) in [6.07, 6.45) is 1.42. The summed E-state index contributed by atoms with van der Waals surface area (Å²) in [5, 5.41) is 9.13. The third kappa shape index (κ3) is 5.40. The normalized spacial score (nSPS) is 15.5. The van der Waals surface area contributed by atoms with E-state index in [9.17, 15) is 13.2 Å². The highest BCUT2D eigenvalue weighted by Crippen LogP contribution is 2.35. The molecule has 0 aliphatic carbocycles. The van der Waals surface area contributed by atoms with Gasteiger partial charge in [0, 0.05) is 19.3 Å². The molecule has 1 aliphatic heterocycles. The van der Waals surface area contributed by atoms with Gasteiger partial charge in [-0.25, -0.2) is 13.9 Å². The molecule has 2 N–H and O–H groups in total. The zero-order valence-electron chi connectivity index (χ0n) is 18.7. The van der Waals surface area contributed by atoms with Gasteiger partial charge in [-0.3, -0.25) is 10.0 Å². The van der Waals surface area contributed by atoms with Crippen LogP contribution in [0.4, 0.5) is 0 Å². The Morgan fingerprint density at radius 3 is 2.18 bits per heavy atom. The van der Waals surface area contributed by atoms with Crippen LogP contribution in [0, 0.1) is 0 Å². The molecule has 1 fully saturated rings. The van der Waals surface area contributed by atoms with E-state index in [4.69, 9.17) is 24.2 Å². The lowest BCUT2D eigenvalue weighted by molar-refractivity contribution is -0.134. The molecule has 9 nitrogen and oxygen atoms in total. The van der Waals surface area contributed by atoms with E-state index < -0.39 is 20.5 Å². The first-order valence-electron chi connectivity index (χ1n) is 10.6. The molecule has 180 valence electrons. The van der Waals surface area contributed by atoms with Crippen LogP contribution in [0.3, 0.4) is 0 Å². The summed E-state index contributed by atoms with van der Waals surface area (Å²) in [5.74, 6) is 1.02. The second-order valence-electron chi connectivity index (χ2n) is 7.70. The van der Waals surface area contributed by atoms with Gasteiger partial charge in [-0.05, 0) is 67.6 Å². The van der Waals surface area contributed by atoms with Crippen LogP contribution in [0.2, 0.25) is 0 Å². The largest absolute Gasteiger partial charge is 0.497 e. The molecule has 0 unspecified atom stereocenters. The van der Waals surface area contributed by atoms with Crippen molar-refractivity contribution in [1.82, 2.24) is 5.48 Å². The fourth-order valence-electron chi connectivity index (χ4n) is 3.84. The number of methoxy groups -OCH3 is 2. The third-order valence-electron chi connectivity index (χ3n) is 5.75. The van der Waals surface area contributed by atoms with Gasteiger partial charge in [0.2, 0.25) is 0 Å². The van der Waals surface area contributed by atoms with Crippen LogP contribution in [-0.4, -0.2) is 58.3 Å². The minimum atomic E-state index is -4.06. The number of aryl methyl sites for hydroxylation is 1. The number of hydrogen-bond acceptors (Lipinski definition) is 8. The molecular formula is C23H29NO8S. The molecule has 0 atom stereocenters. The number of hydroxylamine groups is 1. The first-order chi connectivity index (χ1) is 15.9. The Labute approximate surface area is 193 Å². The Morgan fingerprint density at radius 1 is 1.03 bits per heavy atom. The van der Waals surface area contributed by atoms with E-state index in [1.807, 2.05) is 18.2 Å². The van der Waals surface area contributed by atoms with Gasteiger partial charge in [-0.15, -0.1) is 0 Å². The first-order valence-corrected chi connectivity index (χ1v) is 12.1. The van der Waals surface area contributed by atoms with Crippen molar-refractivity contribution in [1.29, 1.82) is 0 Å². The second-order valence-corrected chi connectivity index (χ2v) is 9.96. The lowest BCUT2D eigenvalue weighted by Crippen LogP contribution is -2.54. The average molecular weight is 480 g/mol. The summed E-state index contributed by atoms with van der Waals surface area (Å²) in [7, 11) is -0.852. The highest BCUT2D eigenvalue weighted by molar-refractivity contribution is 7.93. The standard InChI is InChI=1S/C23H29NO8S/c1-29-19-14-17(15-20(16-19)30-2)4-3-11-32-18-5-7-21(8-6-18)33(27,28)23(22(25)24-26)9-12-31-13-10-23/h5-8,14-16,26H,3-4,9-13H2,1-2H3,(H,24,25). The van der Waals surface area contributed by atoms with Crippen LogP contribution in [0.15, 0.2) is 47.4 Å². The van der Waals surface area contributed by atoms with Gasteiger partial charge in [0.05, 0.1) is 25.7 Å². The van der Waals surface area contributed by atoms with E-state index in [1.54, 1.807) is 26.4 Å². The van der Waals surface area contributed by atoms with Crippen LogP contribution in [0.1, 0.15) is 24.8 Å². The fraction of sp³-hybridized carbons (Fsp3) is 0.435. The SMILES string of the molecule is COc1cc(CCCOc2ccc(S(=O)(=O)C3(C(=O)NO)CCOCC3)cc2)cc(OC)c1. The molecule has 0 saturated carbocycles. The van der Waals surface area contributed by atoms with Crippen molar-refractivity contribution < 1.29 is 37.4 Å². The van der Waals surface area contributed by atoms with Crippen molar-refractivity contribution in [3.05, 3.63) is 48.0 Å². The topological polar surface area (TPSA) is 120 Å². The molecule has 1 amide bonds. The van der Waals surface area contributed by atoms with Crippen molar-refractivity contribution in [3.8, 4) is 17.2 Å². The molecule has 0 bridgehead atoms. The van der Waals surface area contributed by atoms with Gasteiger partial charge < -0.3 is 18.9 Å². The maximum absolute atomic E-state index is 13.3. The smallest absolute Gasteiger partial charge is 0.265 e. The van der Waals surface area contributed by atoms with Crippen molar-refractivity contribution in [2.75, 3.05) is 34.0 Å². The Morgan fingerprint density at radius 2 is 1.64 bits per heavy atom. The number of amides is 1. The maximum atomic E-state index is 13.3. The first kappa shape index (κ1) is 24.8. The zero-order chi connectivity index (χ0) is 23.9. The minimum Gasteiger partial charge on any atom is -0.497 e. The number of rotatable bonds is 10. The van der Waals surface area contributed by atoms with E-state index in [-0.39, 0.29) is 31.0 Å². The van der Waals surface area contributed by atoms with Gasteiger partial charge in [-0.2, -0.15) is 0 Å². The van der Waals surface area contributed by atoms with Crippen LogP contribution >= 0.6 is 0 Å². The molecule has 1 heterocycles. The Balaban J connectivity index is 1.63. The molecule has 1 aliphatic rings. The molecule has 10 heteroatoms. The predicted octanol–water partition coefficient (Wildman–Crippen LogP) is 2.54. The molecule has 1 saturated heterocycles. The third-order valence-corrected chi connectivity index (χ3v) is 8.27. The van der Waals surface area contributed by atoms with E-state index in [1.165, 1.54) is 17.6 Å². The molecule has 2 aromatic carbocycles. The van der Waals surface area contributed by atoms with Crippen LogP contribution in [-0.2, 0) is 25.8 Å². The monoisotopic (exact) mass is 479 g/mol. The van der Waals surface area contributed by atoms with E-state index in [2.05, 4.69) is 0 Å². The Hall–Kier alpha value is -2.82. The molecule has 2 aromatic rings. The lowest BCUT2D eigenvalue weighted by atomic mass is 9.98. The molecular weight excluding hydrogens is 450 g/mol. The van der Waals surface area contributed by atoms with E-state index in [0.29, 0.717) is 12.4 Å². The molecule has 3 rings (SSSR count). The molecule has 0 spiro atoms.